The fourth-order valence-corrected chi connectivity index (χ4v) is 2.84. The van der Waals surface area contributed by atoms with Crippen LogP contribution in [0.1, 0.15) is 25.3 Å². The van der Waals surface area contributed by atoms with Crippen LogP contribution < -0.4 is 10.5 Å². The summed E-state index contributed by atoms with van der Waals surface area (Å²) in [5.74, 6) is 0.820. The zero-order valence-electron chi connectivity index (χ0n) is 12.7. The maximum absolute atomic E-state index is 5.76. The van der Waals surface area contributed by atoms with Gasteiger partial charge in [0.2, 0.25) is 0 Å². The molecule has 0 amide bonds. The summed E-state index contributed by atoms with van der Waals surface area (Å²) in [5.41, 5.74) is 6.46. The minimum absolute atomic E-state index is 0.332. The first-order valence-electron chi connectivity index (χ1n) is 7.42. The van der Waals surface area contributed by atoms with Gasteiger partial charge in [0.25, 0.3) is 0 Å². The molecule has 1 aromatic carbocycles. The minimum Gasteiger partial charge on any atom is -0.494 e. The Kier molecular flexibility index (Phi) is 5.96. The SMILES string of the molecule is CC1OCCC1N(C)CCCOc1cccc(C(N)=S)c1. The Balaban J connectivity index is 1.72. The van der Waals surface area contributed by atoms with Crippen LogP contribution in [0.15, 0.2) is 24.3 Å². The van der Waals surface area contributed by atoms with E-state index < -0.39 is 0 Å². The van der Waals surface area contributed by atoms with Crippen LogP contribution in [0.4, 0.5) is 0 Å². The smallest absolute Gasteiger partial charge is 0.119 e. The van der Waals surface area contributed by atoms with E-state index in [1.54, 1.807) is 0 Å². The summed E-state index contributed by atoms with van der Waals surface area (Å²) in [7, 11) is 2.16. The third-order valence-electron chi connectivity index (χ3n) is 3.94. The summed E-state index contributed by atoms with van der Waals surface area (Å²) in [4.78, 5) is 2.77. The van der Waals surface area contributed by atoms with E-state index in [2.05, 4.69) is 18.9 Å². The molecule has 1 fully saturated rings. The molecule has 2 atom stereocenters. The lowest BCUT2D eigenvalue weighted by atomic mass is 10.1. The summed E-state index contributed by atoms with van der Waals surface area (Å²) in [6.07, 6.45) is 2.43. The van der Waals surface area contributed by atoms with E-state index in [4.69, 9.17) is 27.4 Å². The summed E-state index contributed by atoms with van der Waals surface area (Å²) >= 11 is 4.97. The largest absolute Gasteiger partial charge is 0.494 e. The lowest BCUT2D eigenvalue weighted by Crippen LogP contribution is -2.37. The Morgan fingerprint density at radius 2 is 2.33 bits per heavy atom. The number of rotatable bonds is 7. The highest BCUT2D eigenvalue weighted by molar-refractivity contribution is 7.80. The first-order chi connectivity index (χ1) is 10.1. The van der Waals surface area contributed by atoms with Crippen molar-refractivity contribution in [3.63, 3.8) is 0 Å². The van der Waals surface area contributed by atoms with Crippen molar-refractivity contribution in [2.75, 3.05) is 26.8 Å². The topological polar surface area (TPSA) is 47.7 Å². The molecule has 1 aliphatic rings. The predicted octanol–water partition coefficient (Wildman–Crippen LogP) is 2.20. The van der Waals surface area contributed by atoms with Crippen LogP contribution in [-0.2, 0) is 4.74 Å². The van der Waals surface area contributed by atoms with Crippen LogP contribution in [0.25, 0.3) is 0 Å². The normalized spacial score (nSPS) is 21.7. The lowest BCUT2D eigenvalue weighted by molar-refractivity contribution is 0.0818. The molecule has 0 radical (unpaired) electrons. The second-order valence-corrected chi connectivity index (χ2v) is 5.95. The predicted molar refractivity (Wildman–Crippen MR) is 88.9 cm³/mol. The van der Waals surface area contributed by atoms with E-state index in [9.17, 15) is 0 Å². The number of ether oxygens (including phenoxy) is 2. The Labute approximate surface area is 132 Å². The Bertz CT molecular complexity index is 481. The van der Waals surface area contributed by atoms with Crippen molar-refractivity contribution < 1.29 is 9.47 Å². The van der Waals surface area contributed by atoms with Gasteiger partial charge in [0.05, 0.1) is 12.7 Å². The second kappa shape index (κ2) is 7.73. The molecule has 2 unspecified atom stereocenters. The number of likely N-dealkylation sites (N-methyl/N-ethyl adjacent to an activating group) is 1. The van der Waals surface area contributed by atoms with E-state index in [1.807, 2.05) is 24.3 Å². The monoisotopic (exact) mass is 308 g/mol. The van der Waals surface area contributed by atoms with Crippen molar-refractivity contribution in [3.8, 4) is 5.75 Å². The van der Waals surface area contributed by atoms with Crippen molar-refractivity contribution in [2.45, 2.75) is 31.9 Å². The van der Waals surface area contributed by atoms with Gasteiger partial charge < -0.3 is 20.1 Å². The van der Waals surface area contributed by atoms with Gasteiger partial charge in [-0.1, -0.05) is 24.4 Å². The zero-order chi connectivity index (χ0) is 15.2. The molecule has 5 heteroatoms. The highest BCUT2D eigenvalue weighted by Gasteiger charge is 2.27. The molecule has 0 aromatic heterocycles. The van der Waals surface area contributed by atoms with E-state index in [0.29, 0.717) is 23.7 Å². The van der Waals surface area contributed by atoms with Crippen molar-refractivity contribution in [2.24, 2.45) is 5.73 Å². The van der Waals surface area contributed by atoms with Gasteiger partial charge in [0.15, 0.2) is 0 Å². The summed E-state index contributed by atoms with van der Waals surface area (Å²) in [6, 6.07) is 8.15. The van der Waals surface area contributed by atoms with E-state index in [-0.39, 0.29) is 0 Å². The first kappa shape index (κ1) is 16.2. The molecule has 0 spiro atoms. The maximum atomic E-state index is 5.76. The van der Waals surface area contributed by atoms with Crippen LogP contribution in [-0.4, -0.2) is 48.8 Å². The average molecular weight is 308 g/mol. The van der Waals surface area contributed by atoms with Crippen LogP contribution in [0.5, 0.6) is 5.75 Å². The number of thiocarbonyl (C=S) groups is 1. The molecule has 1 heterocycles. The molecule has 0 aliphatic carbocycles. The Morgan fingerprint density at radius 3 is 3.00 bits per heavy atom. The van der Waals surface area contributed by atoms with Crippen LogP contribution in [0, 0.1) is 0 Å². The fraction of sp³-hybridized carbons (Fsp3) is 0.562. The quantitative estimate of drug-likeness (QED) is 0.618. The fourth-order valence-electron chi connectivity index (χ4n) is 2.71. The molecule has 0 saturated carbocycles. The van der Waals surface area contributed by atoms with Gasteiger partial charge in [-0.15, -0.1) is 0 Å². The van der Waals surface area contributed by atoms with Crippen molar-refractivity contribution in [3.05, 3.63) is 29.8 Å². The molecule has 1 saturated heterocycles. The van der Waals surface area contributed by atoms with Crippen LogP contribution in [0.2, 0.25) is 0 Å². The lowest BCUT2D eigenvalue weighted by Gasteiger charge is -2.26. The molecular formula is C16H24N2O2S. The third-order valence-corrected chi connectivity index (χ3v) is 4.18. The van der Waals surface area contributed by atoms with Gasteiger partial charge in [-0.3, -0.25) is 0 Å². The molecule has 1 aliphatic heterocycles. The number of benzene rings is 1. The highest BCUT2D eigenvalue weighted by Crippen LogP contribution is 2.18. The molecule has 0 bridgehead atoms. The molecular weight excluding hydrogens is 284 g/mol. The first-order valence-corrected chi connectivity index (χ1v) is 7.83. The second-order valence-electron chi connectivity index (χ2n) is 5.51. The molecule has 4 nitrogen and oxygen atoms in total. The molecule has 21 heavy (non-hydrogen) atoms. The Morgan fingerprint density at radius 1 is 1.52 bits per heavy atom. The average Bonchev–Trinajstić information content (AvgIpc) is 2.90. The van der Waals surface area contributed by atoms with Gasteiger partial charge >= 0.3 is 0 Å². The van der Waals surface area contributed by atoms with Gasteiger partial charge in [-0.2, -0.15) is 0 Å². The maximum Gasteiger partial charge on any atom is 0.119 e. The summed E-state index contributed by atoms with van der Waals surface area (Å²) in [5, 5.41) is 0. The van der Waals surface area contributed by atoms with Gasteiger partial charge in [-0.25, -0.2) is 0 Å². The molecule has 1 aromatic rings. The number of hydrogen-bond donors (Lipinski definition) is 1. The molecule has 116 valence electrons. The van der Waals surface area contributed by atoms with Crippen molar-refractivity contribution in [1.29, 1.82) is 0 Å². The summed E-state index contributed by atoms with van der Waals surface area (Å²) < 4.78 is 11.4. The van der Waals surface area contributed by atoms with Crippen LogP contribution in [0.3, 0.4) is 0 Å². The zero-order valence-corrected chi connectivity index (χ0v) is 13.6. The highest BCUT2D eigenvalue weighted by atomic mass is 32.1. The number of hydrogen-bond acceptors (Lipinski definition) is 4. The van der Waals surface area contributed by atoms with E-state index in [0.717, 1.165) is 37.3 Å². The minimum atomic E-state index is 0.332. The molecule has 2 N–H and O–H groups in total. The van der Waals surface area contributed by atoms with Gasteiger partial charge in [-0.05, 0) is 38.9 Å². The summed E-state index contributed by atoms with van der Waals surface area (Å²) in [6.45, 7) is 4.71. The van der Waals surface area contributed by atoms with E-state index in [1.165, 1.54) is 0 Å². The third kappa shape index (κ3) is 4.66. The van der Waals surface area contributed by atoms with Gasteiger partial charge in [0.1, 0.15) is 10.7 Å². The van der Waals surface area contributed by atoms with Crippen molar-refractivity contribution >= 4 is 17.2 Å². The number of nitrogens with zero attached hydrogens (tertiary/aromatic N) is 1. The van der Waals surface area contributed by atoms with E-state index >= 15 is 0 Å². The standard InChI is InChI=1S/C16H24N2O2S/c1-12-15(7-10-19-12)18(2)8-4-9-20-14-6-3-5-13(11-14)16(17)21/h3,5-6,11-12,15H,4,7-10H2,1-2H3,(H2,17,21). The van der Waals surface area contributed by atoms with Gasteiger partial charge in [0, 0.05) is 24.8 Å². The van der Waals surface area contributed by atoms with Crippen molar-refractivity contribution in [1.82, 2.24) is 4.90 Å². The van der Waals surface area contributed by atoms with Crippen LogP contribution >= 0.6 is 12.2 Å². The number of nitrogens with two attached hydrogens (primary N) is 1. The Hall–Kier alpha value is -1.17. The molecule has 2 rings (SSSR count).